The smallest absolute Gasteiger partial charge is 0.154 e. The van der Waals surface area contributed by atoms with Crippen LogP contribution < -0.4 is 5.32 Å². The number of para-hydroxylation sites is 1. The average Bonchev–Trinajstić information content (AvgIpc) is 2.35. The first-order chi connectivity index (χ1) is 7.79. The Morgan fingerprint density at radius 2 is 2.25 bits per heavy atom. The molecule has 1 aliphatic heterocycles. The van der Waals surface area contributed by atoms with Gasteiger partial charge in [-0.15, -0.1) is 0 Å². The molecule has 0 saturated carbocycles. The standard InChI is InChI=1S/C13H19NO2/c1-10(15-2)16-9-11-7-12-5-3-4-6-13(12)14-8-11/h3-6,10-11,14H,7-9H2,1-2H3. The maximum atomic E-state index is 5.58. The average molecular weight is 221 g/mol. The van der Waals surface area contributed by atoms with Crippen molar-refractivity contribution in [2.24, 2.45) is 5.92 Å². The Morgan fingerprint density at radius 1 is 1.44 bits per heavy atom. The van der Waals surface area contributed by atoms with Crippen LogP contribution in [0.3, 0.4) is 0 Å². The summed E-state index contributed by atoms with van der Waals surface area (Å²) in [5.74, 6) is 0.535. The molecule has 2 atom stereocenters. The van der Waals surface area contributed by atoms with Crippen LogP contribution in [0.4, 0.5) is 5.69 Å². The Kier molecular flexibility index (Phi) is 3.80. The van der Waals surface area contributed by atoms with Crippen molar-refractivity contribution in [3.63, 3.8) is 0 Å². The van der Waals surface area contributed by atoms with E-state index in [9.17, 15) is 0 Å². The van der Waals surface area contributed by atoms with E-state index in [4.69, 9.17) is 9.47 Å². The van der Waals surface area contributed by atoms with Crippen LogP contribution in [0.5, 0.6) is 0 Å². The first kappa shape index (κ1) is 11.4. The lowest BCUT2D eigenvalue weighted by Crippen LogP contribution is -2.28. The minimum absolute atomic E-state index is 0.114. The van der Waals surface area contributed by atoms with Crippen LogP contribution in [0.1, 0.15) is 12.5 Å². The molecule has 1 N–H and O–H groups in total. The van der Waals surface area contributed by atoms with Gasteiger partial charge in [0, 0.05) is 25.3 Å². The number of nitrogens with one attached hydrogen (secondary N) is 1. The van der Waals surface area contributed by atoms with Crippen LogP contribution >= 0.6 is 0 Å². The molecule has 3 nitrogen and oxygen atoms in total. The summed E-state index contributed by atoms with van der Waals surface area (Å²) in [6.07, 6.45) is 0.969. The van der Waals surface area contributed by atoms with Gasteiger partial charge in [0.25, 0.3) is 0 Å². The van der Waals surface area contributed by atoms with Gasteiger partial charge in [0.05, 0.1) is 6.61 Å². The van der Waals surface area contributed by atoms with Crippen molar-refractivity contribution < 1.29 is 9.47 Å². The van der Waals surface area contributed by atoms with Crippen molar-refractivity contribution in [3.05, 3.63) is 29.8 Å². The van der Waals surface area contributed by atoms with Crippen LogP contribution in [0.2, 0.25) is 0 Å². The lowest BCUT2D eigenvalue weighted by molar-refractivity contribution is -0.119. The second-order valence-electron chi connectivity index (χ2n) is 4.24. The topological polar surface area (TPSA) is 30.5 Å². The van der Waals surface area contributed by atoms with Crippen LogP contribution in [0, 0.1) is 5.92 Å². The van der Waals surface area contributed by atoms with E-state index in [-0.39, 0.29) is 6.29 Å². The van der Waals surface area contributed by atoms with Crippen molar-refractivity contribution in [2.45, 2.75) is 19.6 Å². The van der Waals surface area contributed by atoms with Crippen LogP contribution in [-0.4, -0.2) is 26.6 Å². The van der Waals surface area contributed by atoms with Crippen molar-refractivity contribution in [1.82, 2.24) is 0 Å². The largest absolute Gasteiger partial charge is 0.384 e. The predicted octanol–water partition coefficient (Wildman–Crippen LogP) is 2.28. The Labute approximate surface area is 96.8 Å². The van der Waals surface area contributed by atoms with Crippen LogP contribution in [-0.2, 0) is 15.9 Å². The first-order valence-corrected chi connectivity index (χ1v) is 5.75. The lowest BCUT2D eigenvalue weighted by atomic mass is 9.95. The van der Waals surface area contributed by atoms with E-state index in [1.54, 1.807) is 7.11 Å². The number of methoxy groups -OCH3 is 1. The van der Waals surface area contributed by atoms with Crippen LogP contribution in [0.25, 0.3) is 0 Å². The van der Waals surface area contributed by atoms with Gasteiger partial charge < -0.3 is 14.8 Å². The molecule has 16 heavy (non-hydrogen) atoms. The van der Waals surface area contributed by atoms with E-state index < -0.39 is 0 Å². The zero-order valence-electron chi connectivity index (χ0n) is 9.90. The molecule has 0 amide bonds. The molecule has 0 aliphatic carbocycles. The summed E-state index contributed by atoms with van der Waals surface area (Å²) in [6, 6.07) is 8.45. The molecule has 0 spiro atoms. The molecule has 2 unspecified atom stereocenters. The van der Waals surface area contributed by atoms with E-state index in [1.165, 1.54) is 11.3 Å². The molecule has 0 aromatic heterocycles. The Morgan fingerprint density at radius 3 is 3.06 bits per heavy atom. The zero-order valence-corrected chi connectivity index (χ0v) is 9.90. The molecule has 3 heteroatoms. The highest BCUT2D eigenvalue weighted by Crippen LogP contribution is 2.24. The number of fused-ring (bicyclic) bond motifs is 1. The van der Waals surface area contributed by atoms with Gasteiger partial charge in [0.1, 0.15) is 0 Å². The molecule has 0 radical (unpaired) electrons. The molecule has 1 aromatic rings. The number of hydrogen-bond donors (Lipinski definition) is 1. The first-order valence-electron chi connectivity index (χ1n) is 5.75. The highest BCUT2D eigenvalue weighted by Gasteiger charge is 2.18. The summed E-state index contributed by atoms with van der Waals surface area (Å²) in [5, 5.41) is 3.43. The SMILES string of the molecule is COC(C)OCC1CNc2ccccc2C1. The minimum Gasteiger partial charge on any atom is -0.384 e. The van der Waals surface area contributed by atoms with Gasteiger partial charge in [-0.05, 0) is 25.0 Å². The molecule has 0 fully saturated rings. The summed E-state index contributed by atoms with van der Waals surface area (Å²) in [5.41, 5.74) is 2.64. The third-order valence-electron chi connectivity index (χ3n) is 3.01. The molecule has 1 aromatic carbocycles. The molecular weight excluding hydrogens is 202 g/mol. The molecular formula is C13H19NO2. The fourth-order valence-electron chi connectivity index (χ4n) is 1.97. The van der Waals surface area contributed by atoms with E-state index in [0.29, 0.717) is 5.92 Å². The predicted molar refractivity (Wildman–Crippen MR) is 64.5 cm³/mol. The van der Waals surface area contributed by atoms with Gasteiger partial charge in [0.2, 0.25) is 0 Å². The number of benzene rings is 1. The highest BCUT2D eigenvalue weighted by atomic mass is 16.7. The van der Waals surface area contributed by atoms with Crippen molar-refractivity contribution in [2.75, 3.05) is 25.6 Å². The number of ether oxygens (including phenoxy) is 2. The quantitative estimate of drug-likeness (QED) is 0.791. The van der Waals surface area contributed by atoms with Gasteiger partial charge in [-0.3, -0.25) is 0 Å². The van der Waals surface area contributed by atoms with Gasteiger partial charge in [0.15, 0.2) is 6.29 Å². The summed E-state index contributed by atoms with van der Waals surface area (Å²) in [6.45, 7) is 3.65. The minimum atomic E-state index is -0.114. The zero-order chi connectivity index (χ0) is 11.4. The third kappa shape index (κ3) is 2.74. The van der Waals surface area contributed by atoms with Crippen molar-refractivity contribution >= 4 is 5.69 Å². The van der Waals surface area contributed by atoms with Crippen LogP contribution in [0.15, 0.2) is 24.3 Å². The summed E-state index contributed by atoms with van der Waals surface area (Å²) in [4.78, 5) is 0. The van der Waals surface area contributed by atoms with Gasteiger partial charge in [-0.2, -0.15) is 0 Å². The third-order valence-corrected chi connectivity index (χ3v) is 3.01. The van der Waals surface area contributed by atoms with E-state index in [1.807, 2.05) is 6.92 Å². The van der Waals surface area contributed by atoms with Crippen molar-refractivity contribution in [3.8, 4) is 0 Å². The second kappa shape index (κ2) is 5.32. The van der Waals surface area contributed by atoms with E-state index >= 15 is 0 Å². The Bertz CT molecular complexity index is 340. The monoisotopic (exact) mass is 221 g/mol. The lowest BCUT2D eigenvalue weighted by Gasteiger charge is -2.26. The maximum Gasteiger partial charge on any atom is 0.154 e. The molecule has 0 saturated heterocycles. The van der Waals surface area contributed by atoms with E-state index in [0.717, 1.165) is 19.6 Å². The summed E-state index contributed by atoms with van der Waals surface area (Å²) < 4.78 is 10.7. The Hall–Kier alpha value is -1.06. The Balaban J connectivity index is 1.88. The fraction of sp³-hybridized carbons (Fsp3) is 0.538. The van der Waals surface area contributed by atoms with Crippen molar-refractivity contribution in [1.29, 1.82) is 0 Å². The second-order valence-corrected chi connectivity index (χ2v) is 4.24. The normalized spacial score (nSPS) is 21.0. The molecule has 1 heterocycles. The van der Waals surface area contributed by atoms with E-state index in [2.05, 4.69) is 29.6 Å². The van der Waals surface area contributed by atoms with Gasteiger partial charge in [-0.1, -0.05) is 18.2 Å². The summed E-state index contributed by atoms with van der Waals surface area (Å²) in [7, 11) is 1.67. The molecule has 1 aliphatic rings. The summed E-state index contributed by atoms with van der Waals surface area (Å²) >= 11 is 0. The number of anilines is 1. The maximum absolute atomic E-state index is 5.58. The fourth-order valence-corrected chi connectivity index (χ4v) is 1.97. The highest BCUT2D eigenvalue weighted by molar-refractivity contribution is 5.53. The van der Waals surface area contributed by atoms with Gasteiger partial charge >= 0.3 is 0 Å². The number of hydrogen-bond acceptors (Lipinski definition) is 3. The van der Waals surface area contributed by atoms with Gasteiger partial charge in [-0.25, -0.2) is 0 Å². The number of rotatable bonds is 4. The molecule has 0 bridgehead atoms. The molecule has 88 valence electrons. The molecule has 2 rings (SSSR count).